The van der Waals surface area contributed by atoms with Crippen LogP contribution in [0, 0.1) is 26.6 Å². The predicted molar refractivity (Wildman–Crippen MR) is 120 cm³/mol. The van der Waals surface area contributed by atoms with Crippen molar-refractivity contribution < 1.29 is 12.8 Å². The van der Waals surface area contributed by atoms with Gasteiger partial charge in [0.05, 0.1) is 10.6 Å². The molecule has 0 saturated carbocycles. The Morgan fingerprint density at radius 2 is 1.62 bits per heavy atom. The normalized spacial score (nSPS) is 11.4. The number of sulfonamides is 1. The number of aryl methyl sites for hydroxylation is 1. The highest BCUT2D eigenvalue weighted by Gasteiger charge is 2.15. The van der Waals surface area contributed by atoms with Crippen molar-refractivity contribution in [3.63, 3.8) is 0 Å². The zero-order valence-corrected chi connectivity index (χ0v) is 18.5. The van der Waals surface area contributed by atoms with E-state index in [-0.39, 0.29) is 4.90 Å². The van der Waals surface area contributed by atoms with Gasteiger partial charge in [-0.1, -0.05) is 6.07 Å². The van der Waals surface area contributed by atoms with E-state index >= 15 is 0 Å². The maximum absolute atomic E-state index is 13.3. The number of halogens is 1. The van der Waals surface area contributed by atoms with Crippen LogP contribution in [0.2, 0.25) is 0 Å². The van der Waals surface area contributed by atoms with Gasteiger partial charge in [-0.3, -0.25) is 4.72 Å². The molecule has 8 nitrogen and oxygen atoms in total. The number of hydrogen-bond donors (Lipinski definition) is 2. The van der Waals surface area contributed by atoms with Gasteiger partial charge in [-0.25, -0.2) is 17.5 Å². The van der Waals surface area contributed by atoms with Crippen molar-refractivity contribution in [3.8, 4) is 5.82 Å². The van der Waals surface area contributed by atoms with Crippen LogP contribution in [0.1, 0.15) is 17.0 Å². The van der Waals surface area contributed by atoms with Gasteiger partial charge in [0.25, 0.3) is 10.0 Å². The number of rotatable bonds is 6. The van der Waals surface area contributed by atoms with Crippen LogP contribution in [0.15, 0.2) is 65.6 Å². The second kappa shape index (κ2) is 8.39. The fourth-order valence-electron chi connectivity index (χ4n) is 3.07. The van der Waals surface area contributed by atoms with E-state index < -0.39 is 15.8 Å². The third-order valence-electron chi connectivity index (χ3n) is 5.04. The van der Waals surface area contributed by atoms with E-state index in [0.29, 0.717) is 23.0 Å². The maximum Gasteiger partial charge on any atom is 0.261 e. The molecule has 0 spiro atoms. The lowest BCUT2D eigenvalue weighted by molar-refractivity contribution is 0.595. The summed E-state index contributed by atoms with van der Waals surface area (Å²) in [4.78, 5) is -0.145. The van der Waals surface area contributed by atoms with Crippen LogP contribution in [0.3, 0.4) is 0 Å². The Balaban J connectivity index is 1.45. The number of nitrogens with one attached hydrogen (secondary N) is 2. The Morgan fingerprint density at radius 1 is 0.906 bits per heavy atom. The molecular weight excluding hydrogens is 431 g/mol. The summed E-state index contributed by atoms with van der Waals surface area (Å²) < 4.78 is 42.3. The Bertz CT molecular complexity index is 1370. The fourth-order valence-corrected chi connectivity index (χ4v) is 4.16. The third kappa shape index (κ3) is 4.45. The summed E-state index contributed by atoms with van der Waals surface area (Å²) in [5.74, 6) is 0.527. The van der Waals surface area contributed by atoms with Gasteiger partial charge in [0, 0.05) is 17.1 Å². The van der Waals surface area contributed by atoms with Crippen molar-refractivity contribution in [2.75, 3.05) is 10.0 Å². The quantitative estimate of drug-likeness (QED) is 0.453. The van der Waals surface area contributed by atoms with E-state index in [9.17, 15) is 12.8 Å². The molecule has 2 N–H and O–H groups in total. The van der Waals surface area contributed by atoms with Crippen LogP contribution in [-0.2, 0) is 10.0 Å². The SMILES string of the molecule is Cc1nn(-c2ccc(Nc3ccc(NS(=O)(=O)c4cccc(F)c4)cc3)nn2)c(C)c1C. The molecule has 2 aromatic carbocycles. The Morgan fingerprint density at radius 3 is 2.22 bits per heavy atom. The lowest BCUT2D eigenvalue weighted by Gasteiger charge is -2.10. The largest absolute Gasteiger partial charge is 0.339 e. The highest BCUT2D eigenvalue weighted by molar-refractivity contribution is 7.92. The molecule has 4 aromatic rings. The molecule has 4 rings (SSSR count). The van der Waals surface area contributed by atoms with Crippen LogP contribution in [0.5, 0.6) is 0 Å². The highest BCUT2D eigenvalue weighted by atomic mass is 32.2. The standard InChI is InChI=1S/C22H21FN6O2S/c1-14-15(2)27-29(16(14)3)22-12-11-21(25-26-22)24-18-7-9-19(10-8-18)28-32(30,31)20-6-4-5-17(23)13-20/h4-13,28H,1-3H3,(H,24,25). The monoisotopic (exact) mass is 452 g/mol. The predicted octanol–water partition coefficient (Wildman–Crippen LogP) is 4.27. The molecule has 32 heavy (non-hydrogen) atoms. The summed E-state index contributed by atoms with van der Waals surface area (Å²) in [6, 6.07) is 15.0. The van der Waals surface area contributed by atoms with Gasteiger partial charge in [0.15, 0.2) is 11.6 Å². The van der Waals surface area contributed by atoms with Crippen molar-refractivity contribution in [2.45, 2.75) is 25.7 Å². The van der Waals surface area contributed by atoms with Gasteiger partial charge in [-0.15, -0.1) is 10.2 Å². The molecule has 0 aliphatic carbocycles. The van der Waals surface area contributed by atoms with Crippen LogP contribution < -0.4 is 10.0 Å². The minimum Gasteiger partial charge on any atom is -0.339 e. The molecule has 10 heteroatoms. The second-order valence-electron chi connectivity index (χ2n) is 7.25. The Kier molecular flexibility index (Phi) is 5.62. The molecule has 2 heterocycles. The molecule has 0 saturated heterocycles. The maximum atomic E-state index is 13.3. The lowest BCUT2D eigenvalue weighted by Crippen LogP contribution is -2.13. The lowest BCUT2D eigenvalue weighted by atomic mass is 10.2. The van der Waals surface area contributed by atoms with E-state index in [1.807, 2.05) is 26.8 Å². The molecule has 0 amide bonds. The first-order valence-corrected chi connectivity index (χ1v) is 11.2. The second-order valence-corrected chi connectivity index (χ2v) is 8.93. The van der Waals surface area contributed by atoms with Crippen molar-refractivity contribution >= 4 is 27.2 Å². The summed E-state index contributed by atoms with van der Waals surface area (Å²) in [6.45, 7) is 5.94. The smallest absolute Gasteiger partial charge is 0.261 e. The molecule has 0 radical (unpaired) electrons. The van der Waals surface area contributed by atoms with E-state index in [2.05, 4.69) is 25.3 Å². The number of anilines is 3. The average Bonchev–Trinajstić information content (AvgIpc) is 3.03. The van der Waals surface area contributed by atoms with Crippen LogP contribution >= 0.6 is 0 Å². The summed E-state index contributed by atoms with van der Waals surface area (Å²) in [6.07, 6.45) is 0. The van der Waals surface area contributed by atoms with Crippen molar-refractivity contribution in [2.24, 2.45) is 0 Å². The van der Waals surface area contributed by atoms with Crippen molar-refractivity contribution in [3.05, 3.63) is 83.4 Å². The number of benzene rings is 2. The molecular formula is C22H21FN6O2S. The highest BCUT2D eigenvalue weighted by Crippen LogP contribution is 2.21. The van der Waals surface area contributed by atoms with Crippen molar-refractivity contribution in [1.82, 2.24) is 20.0 Å². The number of nitrogens with zero attached hydrogens (tertiary/aromatic N) is 4. The zero-order chi connectivity index (χ0) is 22.9. The van der Waals surface area contributed by atoms with Gasteiger partial charge in [0.1, 0.15) is 5.82 Å². The summed E-state index contributed by atoms with van der Waals surface area (Å²) >= 11 is 0. The molecule has 0 unspecified atom stereocenters. The molecule has 0 fully saturated rings. The molecule has 0 aliphatic rings. The summed E-state index contributed by atoms with van der Waals surface area (Å²) in [5, 5.41) is 16.0. The van der Waals surface area contributed by atoms with Gasteiger partial charge in [0.2, 0.25) is 0 Å². The van der Waals surface area contributed by atoms with Crippen LogP contribution in [0.25, 0.3) is 5.82 Å². The van der Waals surface area contributed by atoms with Gasteiger partial charge < -0.3 is 5.32 Å². The first-order valence-electron chi connectivity index (χ1n) is 9.75. The summed E-state index contributed by atoms with van der Waals surface area (Å²) in [7, 11) is -3.88. The number of aromatic nitrogens is 4. The van der Waals surface area contributed by atoms with E-state index in [0.717, 1.165) is 23.0 Å². The molecule has 0 atom stereocenters. The molecule has 164 valence electrons. The minimum atomic E-state index is -3.88. The molecule has 0 bridgehead atoms. The summed E-state index contributed by atoms with van der Waals surface area (Å²) in [5.41, 5.74) is 4.11. The van der Waals surface area contributed by atoms with E-state index in [1.54, 1.807) is 35.0 Å². The van der Waals surface area contributed by atoms with Crippen LogP contribution in [-0.4, -0.2) is 28.4 Å². The first kappa shape index (κ1) is 21.4. The van der Waals surface area contributed by atoms with Gasteiger partial charge >= 0.3 is 0 Å². The van der Waals surface area contributed by atoms with Gasteiger partial charge in [-0.2, -0.15) is 5.10 Å². The average molecular weight is 453 g/mol. The Labute approximate surface area is 185 Å². The van der Waals surface area contributed by atoms with E-state index in [1.165, 1.54) is 18.2 Å². The fraction of sp³-hybridized carbons (Fsp3) is 0.136. The molecule has 0 aliphatic heterocycles. The van der Waals surface area contributed by atoms with Crippen molar-refractivity contribution in [1.29, 1.82) is 0 Å². The Hall–Kier alpha value is -3.79. The van der Waals surface area contributed by atoms with Crippen LogP contribution in [0.4, 0.5) is 21.6 Å². The third-order valence-corrected chi connectivity index (χ3v) is 6.42. The molecule has 2 aromatic heterocycles. The van der Waals surface area contributed by atoms with Gasteiger partial charge in [-0.05, 0) is 80.9 Å². The topological polar surface area (TPSA) is 102 Å². The van der Waals surface area contributed by atoms with E-state index in [4.69, 9.17) is 0 Å². The number of hydrogen-bond acceptors (Lipinski definition) is 6. The first-order chi connectivity index (χ1) is 15.2. The zero-order valence-electron chi connectivity index (χ0n) is 17.7. The minimum absolute atomic E-state index is 0.145.